The zero-order valence-corrected chi connectivity index (χ0v) is 13.0. The summed E-state index contributed by atoms with van der Waals surface area (Å²) in [5.74, 6) is -0.887. The van der Waals surface area contributed by atoms with Crippen molar-refractivity contribution in [2.45, 2.75) is 12.2 Å². The molecule has 0 aliphatic carbocycles. The zero-order valence-electron chi connectivity index (χ0n) is 12.2. The minimum absolute atomic E-state index is 0.203. The topological polar surface area (TPSA) is 75.3 Å². The Labute approximate surface area is 133 Å². The Kier molecular flexibility index (Phi) is 4.04. The number of nitrogens with one attached hydrogen (secondary N) is 2. The van der Waals surface area contributed by atoms with Gasteiger partial charge in [-0.3, -0.25) is 9.52 Å². The van der Waals surface area contributed by atoms with Crippen LogP contribution in [0, 0.1) is 5.82 Å². The molecule has 120 valence electrons. The molecule has 7 heteroatoms. The number of benzene rings is 2. The fourth-order valence-corrected chi connectivity index (χ4v) is 3.68. The highest BCUT2D eigenvalue weighted by Gasteiger charge is 2.18. The number of fused-ring (bicyclic) bond motifs is 1. The van der Waals surface area contributed by atoms with Crippen LogP contribution in [0.15, 0.2) is 42.5 Å². The predicted octanol–water partition coefficient (Wildman–Crippen LogP) is 2.05. The highest BCUT2D eigenvalue weighted by Crippen LogP contribution is 2.20. The van der Waals surface area contributed by atoms with E-state index < -0.39 is 15.8 Å². The Bertz CT molecular complexity index is 848. The number of rotatable bonds is 4. The van der Waals surface area contributed by atoms with E-state index in [4.69, 9.17) is 0 Å². The monoisotopic (exact) mass is 334 g/mol. The van der Waals surface area contributed by atoms with Gasteiger partial charge in [0.2, 0.25) is 10.0 Å². The molecular formula is C16H15FN2O3S. The molecule has 0 spiro atoms. The van der Waals surface area contributed by atoms with Crippen molar-refractivity contribution in [1.29, 1.82) is 0 Å². The van der Waals surface area contributed by atoms with E-state index in [2.05, 4.69) is 10.0 Å². The minimum atomic E-state index is -3.65. The van der Waals surface area contributed by atoms with Gasteiger partial charge in [0, 0.05) is 17.8 Å². The molecule has 0 saturated carbocycles. The van der Waals surface area contributed by atoms with Crippen LogP contribution in [0.1, 0.15) is 21.5 Å². The molecule has 0 bridgehead atoms. The molecule has 0 radical (unpaired) electrons. The largest absolute Gasteiger partial charge is 0.352 e. The maximum absolute atomic E-state index is 12.9. The standard InChI is InChI=1S/C16H15FN2O3S/c17-13-4-1-11(2-5-13)10-23(21,22)19-14-6-3-12-7-8-18-16(20)15(12)9-14/h1-6,9,19H,7-8,10H2,(H,18,20). The van der Waals surface area contributed by atoms with E-state index in [9.17, 15) is 17.6 Å². The van der Waals surface area contributed by atoms with Crippen molar-refractivity contribution in [2.75, 3.05) is 11.3 Å². The van der Waals surface area contributed by atoms with Gasteiger partial charge in [-0.15, -0.1) is 0 Å². The second-order valence-corrected chi connectivity index (χ2v) is 7.09. The number of halogens is 1. The van der Waals surface area contributed by atoms with Gasteiger partial charge >= 0.3 is 0 Å². The van der Waals surface area contributed by atoms with Crippen molar-refractivity contribution in [3.63, 3.8) is 0 Å². The first-order valence-corrected chi connectivity index (χ1v) is 8.74. The van der Waals surface area contributed by atoms with Crippen LogP contribution in [0.5, 0.6) is 0 Å². The summed E-state index contributed by atoms with van der Waals surface area (Å²) in [7, 11) is -3.65. The summed E-state index contributed by atoms with van der Waals surface area (Å²) >= 11 is 0. The lowest BCUT2D eigenvalue weighted by atomic mass is 10.00. The summed E-state index contributed by atoms with van der Waals surface area (Å²) in [4.78, 5) is 11.8. The number of carbonyl (C=O) groups excluding carboxylic acids is 1. The average Bonchev–Trinajstić information content (AvgIpc) is 2.50. The number of carbonyl (C=O) groups is 1. The van der Waals surface area contributed by atoms with Crippen LogP contribution < -0.4 is 10.0 Å². The van der Waals surface area contributed by atoms with Gasteiger partial charge < -0.3 is 5.32 Å². The molecule has 0 saturated heterocycles. The fourth-order valence-electron chi connectivity index (χ4n) is 2.49. The quantitative estimate of drug-likeness (QED) is 0.899. The minimum Gasteiger partial charge on any atom is -0.352 e. The molecule has 2 N–H and O–H groups in total. The third kappa shape index (κ3) is 3.68. The molecule has 1 aliphatic heterocycles. The molecule has 23 heavy (non-hydrogen) atoms. The van der Waals surface area contributed by atoms with E-state index in [0.29, 0.717) is 23.4 Å². The van der Waals surface area contributed by atoms with Crippen LogP contribution in [0.2, 0.25) is 0 Å². The SMILES string of the molecule is O=C1NCCc2ccc(NS(=O)(=O)Cc3ccc(F)cc3)cc21. The van der Waals surface area contributed by atoms with Gasteiger partial charge in [0.05, 0.1) is 5.75 Å². The first-order valence-electron chi connectivity index (χ1n) is 7.09. The summed E-state index contributed by atoms with van der Waals surface area (Å²) in [5, 5.41) is 2.72. The maximum Gasteiger partial charge on any atom is 0.251 e. The Morgan fingerprint density at radius 3 is 2.61 bits per heavy atom. The van der Waals surface area contributed by atoms with Crippen molar-refractivity contribution < 1.29 is 17.6 Å². The Balaban J connectivity index is 1.79. The molecular weight excluding hydrogens is 319 g/mol. The smallest absolute Gasteiger partial charge is 0.251 e. The molecule has 0 aromatic heterocycles. The van der Waals surface area contributed by atoms with Crippen LogP contribution in [0.3, 0.4) is 0 Å². The first-order chi connectivity index (χ1) is 10.9. The van der Waals surface area contributed by atoms with Crippen LogP contribution in [-0.4, -0.2) is 20.9 Å². The number of sulfonamides is 1. The summed E-state index contributed by atoms with van der Waals surface area (Å²) in [5.41, 5.74) is 2.20. The van der Waals surface area contributed by atoms with Crippen molar-refractivity contribution in [3.8, 4) is 0 Å². The van der Waals surface area contributed by atoms with E-state index in [1.165, 1.54) is 30.3 Å². The third-order valence-electron chi connectivity index (χ3n) is 3.58. The number of amides is 1. The second kappa shape index (κ2) is 6.00. The zero-order chi connectivity index (χ0) is 16.4. The van der Waals surface area contributed by atoms with Crippen molar-refractivity contribution >= 4 is 21.6 Å². The third-order valence-corrected chi connectivity index (χ3v) is 4.84. The fraction of sp³-hybridized carbons (Fsp3) is 0.188. The lowest BCUT2D eigenvalue weighted by Gasteiger charge is -2.17. The van der Waals surface area contributed by atoms with Crippen LogP contribution >= 0.6 is 0 Å². The first kappa shape index (κ1) is 15.5. The normalized spacial score (nSPS) is 14.0. The summed E-state index contributed by atoms with van der Waals surface area (Å²) < 4.78 is 39.7. The van der Waals surface area contributed by atoms with Gasteiger partial charge in [0.15, 0.2) is 0 Å². The van der Waals surface area contributed by atoms with Crippen molar-refractivity contribution in [1.82, 2.24) is 5.32 Å². The summed E-state index contributed by atoms with van der Waals surface area (Å²) in [6.07, 6.45) is 0.726. The highest BCUT2D eigenvalue weighted by molar-refractivity contribution is 7.91. The van der Waals surface area contributed by atoms with E-state index in [0.717, 1.165) is 12.0 Å². The summed E-state index contributed by atoms with van der Waals surface area (Å²) in [6, 6.07) is 10.2. The molecule has 5 nitrogen and oxygen atoms in total. The van der Waals surface area contributed by atoms with Gasteiger partial charge in [0.1, 0.15) is 5.82 Å². The molecule has 1 amide bonds. The Hall–Kier alpha value is -2.41. The number of hydrogen-bond acceptors (Lipinski definition) is 3. The predicted molar refractivity (Wildman–Crippen MR) is 85.1 cm³/mol. The van der Waals surface area contributed by atoms with Crippen LogP contribution in [0.4, 0.5) is 10.1 Å². The number of anilines is 1. The second-order valence-electron chi connectivity index (χ2n) is 5.37. The Morgan fingerprint density at radius 2 is 1.87 bits per heavy atom. The van der Waals surface area contributed by atoms with Gasteiger partial charge in [-0.2, -0.15) is 0 Å². The molecule has 1 aliphatic rings. The molecule has 0 fully saturated rings. The van der Waals surface area contributed by atoms with Crippen LogP contribution in [-0.2, 0) is 22.2 Å². The van der Waals surface area contributed by atoms with Crippen molar-refractivity contribution in [2.24, 2.45) is 0 Å². The summed E-state index contributed by atoms with van der Waals surface area (Å²) in [6.45, 7) is 0.585. The molecule has 2 aromatic rings. The Morgan fingerprint density at radius 1 is 1.13 bits per heavy atom. The van der Waals surface area contributed by atoms with Crippen LogP contribution in [0.25, 0.3) is 0 Å². The molecule has 2 aromatic carbocycles. The molecule has 3 rings (SSSR count). The lowest BCUT2D eigenvalue weighted by molar-refractivity contribution is 0.0946. The van der Waals surface area contributed by atoms with E-state index in [1.807, 2.05) is 0 Å². The molecule has 0 atom stereocenters. The van der Waals surface area contributed by atoms with Crippen molar-refractivity contribution in [3.05, 3.63) is 65.0 Å². The number of hydrogen-bond donors (Lipinski definition) is 2. The van der Waals surface area contributed by atoms with E-state index in [-0.39, 0.29) is 11.7 Å². The van der Waals surface area contributed by atoms with Gasteiger partial charge in [-0.25, -0.2) is 12.8 Å². The maximum atomic E-state index is 12.9. The van der Waals surface area contributed by atoms with Gasteiger partial charge in [-0.1, -0.05) is 18.2 Å². The average molecular weight is 334 g/mol. The lowest BCUT2D eigenvalue weighted by Crippen LogP contribution is -2.31. The highest BCUT2D eigenvalue weighted by atomic mass is 32.2. The van der Waals surface area contributed by atoms with E-state index in [1.54, 1.807) is 12.1 Å². The van der Waals surface area contributed by atoms with Gasteiger partial charge in [-0.05, 0) is 41.8 Å². The van der Waals surface area contributed by atoms with Gasteiger partial charge in [0.25, 0.3) is 5.91 Å². The van der Waals surface area contributed by atoms with E-state index >= 15 is 0 Å². The molecule has 0 unspecified atom stereocenters. The molecule has 1 heterocycles.